The number of para-hydroxylation sites is 4. The van der Waals surface area contributed by atoms with Crippen molar-refractivity contribution in [3.8, 4) is 39.8 Å². The van der Waals surface area contributed by atoms with Crippen LogP contribution in [0.1, 0.15) is 22.3 Å². The average Bonchev–Trinajstić information content (AvgIpc) is 3.86. The van der Waals surface area contributed by atoms with Crippen LogP contribution in [0.25, 0.3) is 61.2 Å². The van der Waals surface area contributed by atoms with Gasteiger partial charge in [0.25, 0.3) is 11.6 Å². The first-order chi connectivity index (χ1) is 24.8. The van der Waals surface area contributed by atoms with Gasteiger partial charge in [-0.05, 0) is 69.4 Å². The lowest BCUT2D eigenvalue weighted by Crippen LogP contribution is -2.84. The molecule has 0 amide bonds. The Balaban J connectivity index is 1.32. The number of nitrogens with zero attached hydrogens (tertiary/aromatic N) is 6. The number of fused-ring (bicyclic) bond motifs is 12. The summed E-state index contributed by atoms with van der Waals surface area (Å²) in [6.07, 6.45) is 4.37. The molecular formula is C43H25N6O+3. The van der Waals surface area contributed by atoms with Gasteiger partial charge in [-0.3, -0.25) is 0 Å². The van der Waals surface area contributed by atoms with Gasteiger partial charge in [-0.25, -0.2) is 9.55 Å². The van der Waals surface area contributed by atoms with Crippen molar-refractivity contribution in [3.63, 3.8) is 0 Å². The number of benzene rings is 5. The average molecular weight is 642 g/mol. The van der Waals surface area contributed by atoms with Crippen LogP contribution in [-0.2, 0) is 12.5 Å². The standard InChI is InChI=1S/C43H25N6O/c1-45-33-19-6-7-20-34(33)48-41(45)28-14-9-21-35-38(28)49(48)39-37-32(23-44-40(39)50-35)43(29-16-4-2-11-24(29)25-12-3-5-17-30(25)43)31-18-8-13-26-27-15-10-22-46(49)42(27)47(37)36(26)31/h2-23H,1H3/q+3. The molecule has 1 atom stereocenters. The van der Waals surface area contributed by atoms with E-state index in [1.165, 1.54) is 55.2 Å². The van der Waals surface area contributed by atoms with E-state index < -0.39 is 5.41 Å². The second kappa shape index (κ2) is 7.52. The van der Waals surface area contributed by atoms with Gasteiger partial charge in [-0.2, -0.15) is 4.57 Å². The van der Waals surface area contributed by atoms with Crippen LogP contribution < -0.4 is 18.8 Å². The molecule has 2 spiro atoms. The van der Waals surface area contributed by atoms with Gasteiger partial charge < -0.3 is 4.74 Å². The van der Waals surface area contributed by atoms with E-state index in [-0.39, 0.29) is 4.70 Å². The summed E-state index contributed by atoms with van der Waals surface area (Å²) in [4.78, 5) is 5.35. The number of ether oxygens (including phenoxy) is 1. The predicted octanol–water partition coefficient (Wildman–Crippen LogP) is 7.89. The zero-order valence-corrected chi connectivity index (χ0v) is 26.8. The van der Waals surface area contributed by atoms with E-state index in [1.54, 1.807) is 0 Å². The maximum atomic E-state index is 6.95. The lowest BCUT2D eigenvalue weighted by atomic mass is 9.65. The molecule has 1 aliphatic carbocycles. The Hall–Kier alpha value is -6.57. The summed E-state index contributed by atoms with van der Waals surface area (Å²) in [5.74, 6) is 2.59. The van der Waals surface area contributed by atoms with Gasteiger partial charge in [0, 0.05) is 27.4 Å². The SMILES string of the molecule is Cn1c2[n+](c3ccccc31)[N+]13c4c(cccc4-2)Oc2ncc4c(c21)-n1c2c(cccc2c2ccc[n+]3c21)C41c2ccccc2-c2ccccc21. The van der Waals surface area contributed by atoms with Gasteiger partial charge in [0.1, 0.15) is 11.1 Å². The molecule has 4 aromatic heterocycles. The third-order valence-corrected chi connectivity index (χ3v) is 12.3. The number of imidazole rings is 1. The Bertz CT molecular complexity index is 3120. The second-order valence-electron chi connectivity index (χ2n) is 14.2. The van der Waals surface area contributed by atoms with Gasteiger partial charge in [-0.15, -0.1) is 0 Å². The van der Waals surface area contributed by atoms with Gasteiger partial charge in [-0.1, -0.05) is 78.9 Å². The highest BCUT2D eigenvalue weighted by atomic mass is 16.5. The van der Waals surface area contributed by atoms with E-state index in [9.17, 15) is 0 Å². The summed E-state index contributed by atoms with van der Waals surface area (Å²) >= 11 is 0. The fourth-order valence-corrected chi connectivity index (χ4v) is 10.8. The molecule has 7 nitrogen and oxygen atoms in total. The molecule has 5 aromatic carbocycles. The van der Waals surface area contributed by atoms with Crippen LogP contribution in [-0.4, -0.2) is 14.1 Å². The highest BCUT2D eigenvalue weighted by Crippen LogP contribution is 2.66. The van der Waals surface area contributed by atoms with Crippen molar-refractivity contribution in [1.29, 1.82) is 0 Å². The van der Waals surface area contributed by atoms with Crippen LogP contribution in [0.3, 0.4) is 0 Å². The third-order valence-electron chi connectivity index (χ3n) is 12.3. The highest BCUT2D eigenvalue weighted by molar-refractivity contribution is 6.12. The van der Waals surface area contributed by atoms with Crippen molar-refractivity contribution in [3.05, 3.63) is 156 Å². The molecule has 0 radical (unpaired) electrons. The molecule has 230 valence electrons. The topological polar surface area (TPSA) is 39.7 Å². The largest absolute Gasteiger partial charge is 0.427 e. The van der Waals surface area contributed by atoms with Gasteiger partial charge in [0.2, 0.25) is 11.2 Å². The van der Waals surface area contributed by atoms with Crippen LogP contribution in [0, 0.1) is 0 Å². The zero-order valence-electron chi connectivity index (χ0n) is 26.8. The van der Waals surface area contributed by atoms with Crippen molar-refractivity contribution in [2.45, 2.75) is 5.41 Å². The molecular weight excluding hydrogens is 617 g/mol. The fourth-order valence-electron chi connectivity index (χ4n) is 10.8. The summed E-state index contributed by atoms with van der Waals surface area (Å²) in [5.41, 5.74) is 16.2. The molecule has 1 unspecified atom stereocenters. The number of aromatic nitrogens is 5. The molecule has 50 heavy (non-hydrogen) atoms. The molecule has 14 rings (SSSR count). The molecule has 5 aliphatic rings. The van der Waals surface area contributed by atoms with Crippen LogP contribution in [0.4, 0.5) is 11.4 Å². The molecule has 0 fully saturated rings. The van der Waals surface area contributed by atoms with E-state index >= 15 is 0 Å². The first kappa shape index (κ1) is 24.6. The first-order valence-electron chi connectivity index (χ1n) is 17.2. The Kier molecular flexibility index (Phi) is 3.69. The van der Waals surface area contributed by atoms with Crippen LogP contribution >= 0.6 is 0 Å². The van der Waals surface area contributed by atoms with Crippen LogP contribution in [0.2, 0.25) is 0 Å². The van der Waals surface area contributed by atoms with E-state index in [0.29, 0.717) is 5.88 Å². The molecule has 0 bridgehead atoms. The number of aryl methyl sites for hydroxylation is 1. The van der Waals surface area contributed by atoms with Gasteiger partial charge >= 0.3 is 17.2 Å². The Morgan fingerprint density at radius 1 is 0.680 bits per heavy atom. The van der Waals surface area contributed by atoms with E-state index in [4.69, 9.17) is 9.72 Å². The van der Waals surface area contributed by atoms with Gasteiger partial charge in [0.15, 0.2) is 17.5 Å². The minimum atomic E-state index is -0.577. The van der Waals surface area contributed by atoms with E-state index in [0.717, 1.165) is 45.4 Å². The molecule has 9 aromatic rings. The predicted molar refractivity (Wildman–Crippen MR) is 191 cm³/mol. The van der Waals surface area contributed by atoms with Crippen LogP contribution in [0.5, 0.6) is 11.6 Å². The molecule has 0 saturated heterocycles. The Morgan fingerprint density at radius 2 is 1.40 bits per heavy atom. The number of hydrogen-bond acceptors (Lipinski definition) is 2. The lowest BCUT2D eigenvalue weighted by Gasteiger charge is -2.40. The molecule has 0 saturated carbocycles. The maximum Gasteiger partial charge on any atom is 0.352 e. The normalized spacial score (nSPS) is 18.1. The number of quaternary nitrogens is 1. The van der Waals surface area contributed by atoms with Crippen molar-refractivity contribution >= 4 is 44.3 Å². The lowest BCUT2D eigenvalue weighted by molar-refractivity contribution is -1.01. The summed E-state index contributed by atoms with van der Waals surface area (Å²) in [6.45, 7) is 0. The van der Waals surface area contributed by atoms with Crippen molar-refractivity contribution < 1.29 is 14.1 Å². The van der Waals surface area contributed by atoms with Crippen molar-refractivity contribution in [2.75, 3.05) is 0 Å². The maximum absolute atomic E-state index is 6.95. The van der Waals surface area contributed by atoms with Crippen molar-refractivity contribution in [1.82, 2.24) is 18.8 Å². The van der Waals surface area contributed by atoms with Gasteiger partial charge in [0.05, 0.1) is 22.5 Å². The molecule has 8 heterocycles. The summed E-state index contributed by atoms with van der Waals surface area (Å²) < 4.78 is 17.1. The summed E-state index contributed by atoms with van der Waals surface area (Å²) in [6, 6.07) is 44.6. The fraction of sp³-hybridized carbons (Fsp3) is 0.0465. The third kappa shape index (κ3) is 2.15. The Morgan fingerprint density at radius 3 is 2.26 bits per heavy atom. The van der Waals surface area contributed by atoms with E-state index in [2.05, 4.69) is 159 Å². The molecule has 7 heteroatoms. The smallest absolute Gasteiger partial charge is 0.352 e. The second-order valence-corrected chi connectivity index (χ2v) is 14.2. The quantitative estimate of drug-likeness (QED) is 0.125. The van der Waals surface area contributed by atoms with Crippen molar-refractivity contribution in [2.24, 2.45) is 7.05 Å². The minimum Gasteiger partial charge on any atom is -0.427 e. The first-order valence-corrected chi connectivity index (χ1v) is 17.2. The summed E-state index contributed by atoms with van der Waals surface area (Å²) in [7, 11) is 2.19. The summed E-state index contributed by atoms with van der Waals surface area (Å²) in [5, 5.41) is 2.47. The minimum absolute atomic E-state index is 0.288. The molecule has 0 N–H and O–H groups in total. The number of hydrogen-bond donors (Lipinski definition) is 0. The number of pyridine rings is 2. The Labute approximate surface area is 284 Å². The zero-order chi connectivity index (χ0) is 32.2. The number of rotatable bonds is 0. The molecule has 4 aliphatic heterocycles. The monoisotopic (exact) mass is 641 g/mol. The van der Waals surface area contributed by atoms with E-state index in [1.807, 2.05) is 0 Å². The van der Waals surface area contributed by atoms with Crippen LogP contribution in [0.15, 0.2) is 134 Å². The highest BCUT2D eigenvalue weighted by Gasteiger charge is 2.71.